The van der Waals surface area contributed by atoms with Gasteiger partial charge in [-0.1, -0.05) is 13.3 Å². The molecule has 1 aromatic carbocycles. The first-order valence-electron chi connectivity index (χ1n) is 4.92. The van der Waals surface area contributed by atoms with E-state index in [1.165, 1.54) is 0 Å². The van der Waals surface area contributed by atoms with Crippen LogP contribution in [-0.2, 0) is 26.5 Å². The summed E-state index contributed by atoms with van der Waals surface area (Å²) >= 11 is 0. The molecule has 0 aliphatic heterocycles. The number of aromatic nitrogens is 2. The van der Waals surface area contributed by atoms with E-state index in [1.807, 2.05) is 35.1 Å². The van der Waals surface area contributed by atoms with Gasteiger partial charge in [0.1, 0.15) is 0 Å². The molecule has 2 rings (SSSR count). The average Bonchev–Trinajstić information content (AvgIpc) is 2.68. The van der Waals surface area contributed by atoms with Crippen LogP contribution in [0.4, 0.5) is 0 Å². The molecule has 0 spiro atoms. The van der Waals surface area contributed by atoms with E-state index in [9.17, 15) is 0 Å². The van der Waals surface area contributed by atoms with E-state index >= 15 is 0 Å². The number of hydrogen-bond acceptors (Lipinski definition) is 1. The van der Waals surface area contributed by atoms with Gasteiger partial charge in [-0.3, -0.25) is 4.68 Å². The molecule has 0 bridgehead atoms. The number of benzene rings is 1. The van der Waals surface area contributed by atoms with Gasteiger partial charge in [-0.05, 0) is 18.2 Å². The van der Waals surface area contributed by atoms with Crippen molar-refractivity contribution in [3.05, 3.63) is 48.3 Å². The summed E-state index contributed by atoms with van der Waals surface area (Å²) in [6.07, 6.45) is 4.16. The second-order valence-corrected chi connectivity index (χ2v) is 3.25. The molecule has 0 amide bonds. The molecule has 1 heterocycles. The maximum atomic E-state index is 4.46. The molecule has 0 N–H and O–H groups in total. The Hall–Kier alpha value is -0.921. The summed E-state index contributed by atoms with van der Waals surface area (Å²) in [6, 6.07) is 13.1. The van der Waals surface area contributed by atoms with Crippen molar-refractivity contribution in [3.63, 3.8) is 0 Å². The Labute approximate surface area is 104 Å². The molecule has 2 aromatic rings. The molecule has 0 unspecified atom stereocenters. The van der Waals surface area contributed by atoms with Crippen LogP contribution >= 0.6 is 0 Å². The smallest absolute Gasteiger partial charge is 0.0628 e. The monoisotopic (exact) mass is 378 g/mol. The third kappa shape index (κ3) is 3.01. The van der Waals surface area contributed by atoms with Crippen molar-refractivity contribution in [2.75, 3.05) is 0 Å². The van der Waals surface area contributed by atoms with Gasteiger partial charge < -0.3 is 0 Å². The van der Waals surface area contributed by atoms with Crippen molar-refractivity contribution in [2.45, 2.75) is 19.8 Å². The Bertz CT molecular complexity index is 395. The standard InChI is InChI=1S/C12H13N2.Ir/c1-2-6-11-9-10-14(13-11)12-7-4-3-5-8-12;/h3-5,7,9-10H,2,6H2,1H3;/q-1;. The summed E-state index contributed by atoms with van der Waals surface area (Å²) in [5.74, 6) is 0. The molecule has 0 aliphatic carbocycles. The van der Waals surface area contributed by atoms with E-state index in [1.54, 1.807) is 0 Å². The molecule has 3 heteroatoms. The fourth-order valence-electron chi connectivity index (χ4n) is 1.41. The maximum Gasteiger partial charge on any atom is 0.0628 e. The molecule has 0 fully saturated rings. The van der Waals surface area contributed by atoms with Crippen molar-refractivity contribution in [2.24, 2.45) is 0 Å². The number of rotatable bonds is 3. The van der Waals surface area contributed by atoms with Gasteiger partial charge in [-0.25, -0.2) is 0 Å². The number of nitrogens with zero attached hydrogens (tertiary/aromatic N) is 2. The Kier molecular flexibility index (Phi) is 4.73. The fourth-order valence-corrected chi connectivity index (χ4v) is 1.41. The van der Waals surface area contributed by atoms with Crippen LogP contribution in [0.2, 0.25) is 0 Å². The summed E-state index contributed by atoms with van der Waals surface area (Å²) in [4.78, 5) is 0. The van der Waals surface area contributed by atoms with Gasteiger partial charge in [-0.15, -0.1) is 6.07 Å². The minimum atomic E-state index is 0. The van der Waals surface area contributed by atoms with E-state index in [-0.39, 0.29) is 20.1 Å². The molecule has 1 radical (unpaired) electrons. The Morgan fingerprint density at radius 2 is 2.20 bits per heavy atom. The van der Waals surface area contributed by atoms with Crippen molar-refractivity contribution >= 4 is 0 Å². The summed E-state index contributed by atoms with van der Waals surface area (Å²) in [5.41, 5.74) is 2.14. The van der Waals surface area contributed by atoms with Gasteiger partial charge in [0.05, 0.1) is 5.69 Å². The Balaban J connectivity index is 0.00000112. The molecule has 81 valence electrons. The predicted octanol–water partition coefficient (Wildman–Crippen LogP) is 2.62. The van der Waals surface area contributed by atoms with Crippen molar-refractivity contribution < 1.29 is 20.1 Å². The zero-order valence-electron chi connectivity index (χ0n) is 8.61. The molecule has 0 aliphatic rings. The maximum absolute atomic E-state index is 4.46. The minimum Gasteiger partial charge on any atom is -0.265 e. The van der Waals surface area contributed by atoms with Gasteiger partial charge in [0, 0.05) is 26.3 Å². The van der Waals surface area contributed by atoms with Gasteiger partial charge in [0.15, 0.2) is 0 Å². The van der Waals surface area contributed by atoms with E-state index in [2.05, 4.69) is 24.2 Å². The van der Waals surface area contributed by atoms with Crippen LogP contribution in [-0.4, -0.2) is 9.78 Å². The average molecular weight is 377 g/mol. The molecular formula is C12H13IrN2-. The van der Waals surface area contributed by atoms with Crippen LogP contribution in [0.1, 0.15) is 19.0 Å². The first-order chi connectivity index (χ1) is 6.90. The van der Waals surface area contributed by atoms with Gasteiger partial charge >= 0.3 is 0 Å². The van der Waals surface area contributed by atoms with Crippen LogP contribution in [0.5, 0.6) is 0 Å². The minimum absolute atomic E-state index is 0. The summed E-state index contributed by atoms with van der Waals surface area (Å²) in [5, 5.41) is 4.46. The number of para-hydroxylation sites is 1. The van der Waals surface area contributed by atoms with E-state index < -0.39 is 0 Å². The molecule has 0 saturated heterocycles. The fraction of sp³-hybridized carbons (Fsp3) is 0.250. The summed E-state index contributed by atoms with van der Waals surface area (Å²) in [6.45, 7) is 2.16. The summed E-state index contributed by atoms with van der Waals surface area (Å²) < 4.78 is 1.87. The first kappa shape index (κ1) is 12.2. The van der Waals surface area contributed by atoms with E-state index in [0.717, 1.165) is 24.2 Å². The molecule has 0 saturated carbocycles. The first-order valence-corrected chi connectivity index (χ1v) is 4.92. The van der Waals surface area contributed by atoms with E-state index in [4.69, 9.17) is 0 Å². The van der Waals surface area contributed by atoms with Crippen molar-refractivity contribution in [3.8, 4) is 5.69 Å². The third-order valence-electron chi connectivity index (χ3n) is 2.09. The molecular weight excluding hydrogens is 364 g/mol. The van der Waals surface area contributed by atoms with Crippen LogP contribution in [0, 0.1) is 6.07 Å². The molecule has 2 nitrogen and oxygen atoms in total. The van der Waals surface area contributed by atoms with Crippen LogP contribution in [0.3, 0.4) is 0 Å². The zero-order chi connectivity index (χ0) is 9.80. The van der Waals surface area contributed by atoms with Crippen molar-refractivity contribution in [1.29, 1.82) is 0 Å². The predicted molar refractivity (Wildman–Crippen MR) is 56.4 cm³/mol. The Morgan fingerprint density at radius 1 is 1.33 bits per heavy atom. The zero-order valence-corrected chi connectivity index (χ0v) is 11.0. The second-order valence-electron chi connectivity index (χ2n) is 3.25. The quantitative estimate of drug-likeness (QED) is 0.752. The SMILES string of the molecule is CCCc1ccn(-c2[c-]cccc2)n1.[Ir]. The number of aryl methyl sites for hydroxylation is 1. The van der Waals surface area contributed by atoms with Crippen LogP contribution in [0.15, 0.2) is 36.5 Å². The van der Waals surface area contributed by atoms with Gasteiger partial charge in [0.2, 0.25) is 0 Å². The summed E-state index contributed by atoms with van der Waals surface area (Å²) in [7, 11) is 0. The molecule has 15 heavy (non-hydrogen) atoms. The number of hydrogen-bond donors (Lipinski definition) is 0. The largest absolute Gasteiger partial charge is 0.265 e. The van der Waals surface area contributed by atoms with Crippen LogP contribution in [0.25, 0.3) is 5.69 Å². The van der Waals surface area contributed by atoms with Crippen molar-refractivity contribution in [1.82, 2.24) is 9.78 Å². The normalized spacial score (nSPS) is 9.67. The van der Waals surface area contributed by atoms with E-state index in [0.29, 0.717) is 0 Å². The topological polar surface area (TPSA) is 17.8 Å². The van der Waals surface area contributed by atoms with Gasteiger partial charge in [-0.2, -0.15) is 29.4 Å². The third-order valence-corrected chi connectivity index (χ3v) is 2.09. The Morgan fingerprint density at radius 3 is 2.87 bits per heavy atom. The van der Waals surface area contributed by atoms with Crippen LogP contribution < -0.4 is 0 Å². The second kappa shape index (κ2) is 5.84. The van der Waals surface area contributed by atoms with Gasteiger partial charge in [0.25, 0.3) is 0 Å². The molecule has 0 atom stereocenters. The molecule has 1 aromatic heterocycles.